The number of hydrogen-bond donors (Lipinski definition) is 0. The molecule has 0 bridgehead atoms. The third kappa shape index (κ3) is 7.42. The van der Waals surface area contributed by atoms with Crippen molar-refractivity contribution in [1.82, 2.24) is 0 Å². The lowest BCUT2D eigenvalue weighted by molar-refractivity contribution is 0.477. The molecular weight excluding hydrogens is 637 g/mol. The number of ether oxygens (including phenoxy) is 2. The van der Waals surface area contributed by atoms with Gasteiger partial charge in [0.15, 0.2) is 23.0 Å². The van der Waals surface area contributed by atoms with Crippen LogP contribution in [0.2, 0.25) is 0 Å². The molecule has 4 heteroatoms. The van der Waals surface area contributed by atoms with E-state index in [-0.39, 0.29) is 0 Å². The standard InChI is InChI=1S/C20H17NO.C19H15NO.C9H12/c1-2-15-11-13-16(14-12-15)21-17-7-3-5-9-19(17)22-20-10-6-4-8-18(20)21;1-14-10-12-15(13-11-14)20-16-6-2-4-8-18(16)21-19-9-5-3-7-17(19)20;1-3-9-6-4-5-8(2)7-9/h3-14H,2H2,1H3;2-13H,1H3;4-7H,3H2,1-2H3. The second kappa shape index (κ2) is 15.7. The molecule has 0 saturated heterocycles. The van der Waals surface area contributed by atoms with Crippen molar-refractivity contribution < 1.29 is 9.47 Å². The number of anilines is 6. The highest BCUT2D eigenvalue weighted by molar-refractivity contribution is 5.87. The molecule has 7 aromatic carbocycles. The first kappa shape index (κ1) is 34.2. The molecule has 0 amide bonds. The lowest BCUT2D eigenvalue weighted by atomic mass is 10.1. The molecule has 0 aromatic heterocycles. The third-order valence-corrected chi connectivity index (χ3v) is 9.25. The quantitative estimate of drug-likeness (QED) is 0.185. The Morgan fingerprint density at radius 3 is 1.12 bits per heavy atom. The van der Waals surface area contributed by atoms with Crippen LogP contribution in [0, 0.1) is 13.8 Å². The first-order valence-electron chi connectivity index (χ1n) is 18.1. The Hall–Kier alpha value is -6.26. The van der Waals surface area contributed by atoms with E-state index in [9.17, 15) is 0 Å². The summed E-state index contributed by atoms with van der Waals surface area (Å²) in [6.45, 7) is 8.58. The molecule has 2 aliphatic rings. The Labute approximate surface area is 308 Å². The van der Waals surface area contributed by atoms with E-state index < -0.39 is 0 Å². The van der Waals surface area contributed by atoms with Gasteiger partial charge < -0.3 is 19.3 Å². The average molecular weight is 681 g/mol. The van der Waals surface area contributed by atoms with Crippen LogP contribution in [0.1, 0.15) is 36.1 Å². The second-order valence-corrected chi connectivity index (χ2v) is 12.9. The Balaban J connectivity index is 0.000000132. The minimum atomic E-state index is 0.886. The number of aryl methyl sites for hydroxylation is 4. The zero-order chi connectivity index (χ0) is 35.9. The predicted molar refractivity (Wildman–Crippen MR) is 217 cm³/mol. The summed E-state index contributed by atoms with van der Waals surface area (Å²) in [6.07, 6.45) is 2.19. The highest BCUT2D eigenvalue weighted by atomic mass is 16.5. The van der Waals surface area contributed by atoms with Crippen molar-refractivity contribution in [3.8, 4) is 23.0 Å². The molecular formula is C48H44N2O2. The van der Waals surface area contributed by atoms with Crippen LogP contribution in [0.4, 0.5) is 34.1 Å². The van der Waals surface area contributed by atoms with Crippen molar-refractivity contribution >= 4 is 34.1 Å². The highest BCUT2D eigenvalue weighted by Crippen LogP contribution is 2.51. The van der Waals surface area contributed by atoms with E-state index in [1.807, 2.05) is 72.8 Å². The molecule has 0 unspecified atom stereocenters. The van der Waals surface area contributed by atoms with E-state index >= 15 is 0 Å². The largest absolute Gasteiger partial charge is 0.453 e. The van der Waals surface area contributed by atoms with Gasteiger partial charge in [0.1, 0.15) is 0 Å². The molecule has 4 nitrogen and oxygen atoms in total. The second-order valence-electron chi connectivity index (χ2n) is 12.9. The maximum atomic E-state index is 6.03. The van der Waals surface area contributed by atoms with Crippen molar-refractivity contribution in [2.45, 2.75) is 40.5 Å². The maximum Gasteiger partial charge on any atom is 0.151 e. The predicted octanol–water partition coefficient (Wildman–Crippen LogP) is 14.0. The summed E-state index contributed by atoms with van der Waals surface area (Å²) >= 11 is 0. The summed E-state index contributed by atoms with van der Waals surface area (Å²) in [5.74, 6) is 3.55. The van der Waals surface area contributed by atoms with Crippen molar-refractivity contribution in [2.75, 3.05) is 9.80 Å². The van der Waals surface area contributed by atoms with E-state index in [2.05, 4.69) is 135 Å². The summed E-state index contributed by atoms with van der Waals surface area (Å²) in [5, 5.41) is 0. The number of rotatable bonds is 4. The van der Waals surface area contributed by atoms with Crippen LogP contribution < -0.4 is 19.3 Å². The fraction of sp³-hybridized carbons (Fsp3) is 0.125. The molecule has 2 aliphatic heterocycles. The van der Waals surface area contributed by atoms with E-state index in [0.29, 0.717) is 0 Å². The van der Waals surface area contributed by atoms with Crippen LogP contribution in [0.25, 0.3) is 0 Å². The van der Waals surface area contributed by atoms with Gasteiger partial charge in [-0.2, -0.15) is 0 Å². The van der Waals surface area contributed by atoms with Gasteiger partial charge in [-0.15, -0.1) is 0 Å². The SMILES string of the molecule is CCc1ccc(N2c3ccccc3Oc3ccccc32)cc1.CCc1cccc(C)c1.Cc1ccc(N2c3ccccc3Oc3ccccc32)cc1. The van der Waals surface area contributed by atoms with Gasteiger partial charge in [-0.25, -0.2) is 0 Å². The van der Waals surface area contributed by atoms with E-state index in [1.54, 1.807) is 0 Å². The van der Waals surface area contributed by atoms with E-state index in [4.69, 9.17) is 9.47 Å². The van der Waals surface area contributed by atoms with Gasteiger partial charge in [0.2, 0.25) is 0 Å². The number of hydrogen-bond acceptors (Lipinski definition) is 4. The Kier molecular flexibility index (Phi) is 10.4. The monoisotopic (exact) mass is 680 g/mol. The molecule has 9 rings (SSSR count). The molecule has 0 saturated carbocycles. The van der Waals surface area contributed by atoms with Gasteiger partial charge in [0, 0.05) is 11.4 Å². The van der Waals surface area contributed by atoms with Crippen molar-refractivity contribution in [3.05, 3.63) is 192 Å². The number of para-hydroxylation sites is 8. The first-order valence-corrected chi connectivity index (χ1v) is 18.1. The topological polar surface area (TPSA) is 24.9 Å². The van der Waals surface area contributed by atoms with Crippen LogP contribution in [0.15, 0.2) is 170 Å². The minimum absolute atomic E-state index is 0.886. The van der Waals surface area contributed by atoms with Crippen LogP contribution in [0.5, 0.6) is 23.0 Å². The van der Waals surface area contributed by atoms with Gasteiger partial charge >= 0.3 is 0 Å². The average Bonchev–Trinajstić information content (AvgIpc) is 3.20. The molecule has 7 aromatic rings. The fourth-order valence-electron chi connectivity index (χ4n) is 6.47. The molecule has 2 heterocycles. The molecule has 258 valence electrons. The molecule has 0 radical (unpaired) electrons. The summed E-state index contributed by atoms with van der Waals surface area (Å²) in [6, 6.07) is 58.5. The van der Waals surface area contributed by atoms with Crippen LogP contribution >= 0.6 is 0 Å². The Bertz CT molecular complexity index is 2170. The molecule has 0 N–H and O–H groups in total. The fourth-order valence-corrected chi connectivity index (χ4v) is 6.47. The number of benzene rings is 7. The van der Waals surface area contributed by atoms with Gasteiger partial charge in [0.25, 0.3) is 0 Å². The van der Waals surface area contributed by atoms with Crippen LogP contribution in [0.3, 0.4) is 0 Å². The molecule has 0 aliphatic carbocycles. The summed E-state index contributed by atoms with van der Waals surface area (Å²) in [5.41, 5.74) is 12.0. The number of nitrogens with zero attached hydrogens (tertiary/aromatic N) is 2. The van der Waals surface area contributed by atoms with Crippen molar-refractivity contribution in [1.29, 1.82) is 0 Å². The number of fused-ring (bicyclic) bond motifs is 4. The molecule has 52 heavy (non-hydrogen) atoms. The zero-order valence-corrected chi connectivity index (χ0v) is 30.3. The summed E-state index contributed by atoms with van der Waals surface area (Å²) in [7, 11) is 0. The Morgan fingerprint density at radius 2 is 0.750 bits per heavy atom. The van der Waals surface area contributed by atoms with E-state index in [1.165, 1.54) is 22.3 Å². The summed E-state index contributed by atoms with van der Waals surface area (Å²) < 4.78 is 12.0. The zero-order valence-electron chi connectivity index (χ0n) is 30.3. The molecule has 0 fully saturated rings. The summed E-state index contributed by atoms with van der Waals surface area (Å²) in [4.78, 5) is 4.50. The van der Waals surface area contributed by atoms with E-state index in [0.717, 1.165) is 70.0 Å². The first-order chi connectivity index (χ1) is 25.5. The minimum Gasteiger partial charge on any atom is -0.453 e. The van der Waals surface area contributed by atoms with Gasteiger partial charge in [-0.1, -0.05) is 122 Å². The van der Waals surface area contributed by atoms with Crippen molar-refractivity contribution in [3.63, 3.8) is 0 Å². The smallest absolute Gasteiger partial charge is 0.151 e. The highest BCUT2D eigenvalue weighted by Gasteiger charge is 2.26. The lowest BCUT2D eigenvalue weighted by Crippen LogP contribution is -2.15. The molecule has 0 spiro atoms. The lowest BCUT2D eigenvalue weighted by Gasteiger charge is -2.32. The van der Waals surface area contributed by atoms with Gasteiger partial charge in [-0.05, 0) is 111 Å². The van der Waals surface area contributed by atoms with Crippen LogP contribution in [-0.2, 0) is 12.8 Å². The third-order valence-electron chi connectivity index (χ3n) is 9.25. The van der Waals surface area contributed by atoms with Gasteiger partial charge in [-0.3, -0.25) is 0 Å². The van der Waals surface area contributed by atoms with Gasteiger partial charge in [0.05, 0.1) is 22.7 Å². The normalized spacial score (nSPS) is 11.8. The molecule has 0 atom stereocenters. The maximum absolute atomic E-state index is 6.03. The van der Waals surface area contributed by atoms with Crippen molar-refractivity contribution in [2.24, 2.45) is 0 Å². The van der Waals surface area contributed by atoms with Crippen LogP contribution in [-0.4, -0.2) is 0 Å². The Morgan fingerprint density at radius 1 is 0.365 bits per heavy atom.